The number of hydrogen-bond donors (Lipinski definition) is 0. The first-order chi connectivity index (χ1) is 7.79. The van der Waals surface area contributed by atoms with Crippen LogP contribution in [0.15, 0.2) is 36.9 Å². The summed E-state index contributed by atoms with van der Waals surface area (Å²) in [5.74, 6) is 2.81. The summed E-state index contributed by atoms with van der Waals surface area (Å²) in [5, 5.41) is 1.17. The van der Waals surface area contributed by atoms with Gasteiger partial charge in [-0.1, -0.05) is 30.2 Å². The minimum atomic E-state index is 0.953. The Bertz CT molecular complexity index is 567. The number of para-hydroxylation sites is 1. The van der Waals surface area contributed by atoms with E-state index in [0.29, 0.717) is 0 Å². The predicted octanol–water partition coefficient (Wildman–Crippen LogP) is 3.28. The molecule has 2 rings (SSSR count). The topological polar surface area (TPSA) is 4.93 Å². The zero-order valence-corrected chi connectivity index (χ0v) is 9.53. The smallest absolute Gasteiger partial charge is 0.0530 e. The Morgan fingerprint density at radius 1 is 1.44 bits per heavy atom. The second-order valence-electron chi connectivity index (χ2n) is 3.87. The predicted molar refractivity (Wildman–Crippen MR) is 69.4 cm³/mol. The fraction of sp³-hybridized carbons (Fsp3) is 0.200. The summed E-state index contributed by atoms with van der Waals surface area (Å²) >= 11 is 0. The monoisotopic (exact) mass is 209 g/mol. The van der Waals surface area contributed by atoms with E-state index in [1.807, 2.05) is 18.2 Å². The van der Waals surface area contributed by atoms with Crippen molar-refractivity contribution in [3.05, 3.63) is 48.2 Å². The molecular weight excluding hydrogens is 194 g/mol. The first kappa shape index (κ1) is 10.6. The number of aromatic nitrogens is 1. The van der Waals surface area contributed by atoms with Crippen molar-refractivity contribution >= 4 is 10.9 Å². The zero-order valence-electron chi connectivity index (χ0n) is 9.53. The molecule has 1 heterocycles. The van der Waals surface area contributed by atoms with Crippen molar-refractivity contribution < 1.29 is 0 Å². The zero-order chi connectivity index (χ0) is 11.5. The van der Waals surface area contributed by atoms with E-state index in [2.05, 4.69) is 36.2 Å². The van der Waals surface area contributed by atoms with E-state index in [4.69, 9.17) is 6.42 Å². The van der Waals surface area contributed by atoms with Gasteiger partial charge in [0.25, 0.3) is 0 Å². The molecule has 2 aromatic rings. The van der Waals surface area contributed by atoms with Gasteiger partial charge in [-0.3, -0.25) is 0 Å². The third kappa shape index (κ3) is 1.53. The summed E-state index contributed by atoms with van der Waals surface area (Å²) in [6.45, 7) is 3.75. The van der Waals surface area contributed by atoms with E-state index in [1.54, 1.807) is 0 Å². The van der Waals surface area contributed by atoms with Crippen molar-refractivity contribution in [1.29, 1.82) is 0 Å². The van der Waals surface area contributed by atoms with Crippen LogP contribution >= 0.6 is 0 Å². The highest BCUT2D eigenvalue weighted by atomic mass is 14.9. The lowest BCUT2D eigenvalue weighted by atomic mass is 10.1. The van der Waals surface area contributed by atoms with Gasteiger partial charge in [0.2, 0.25) is 0 Å². The van der Waals surface area contributed by atoms with Gasteiger partial charge in [-0.25, -0.2) is 0 Å². The van der Waals surface area contributed by atoms with Gasteiger partial charge in [0, 0.05) is 23.6 Å². The normalized spacial score (nSPS) is 10.2. The average Bonchev–Trinajstić information content (AvgIpc) is 2.60. The molecule has 1 heteroatoms. The molecular formula is C15H15N. The van der Waals surface area contributed by atoms with E-state index in [1.165, 1.54) is 16.6 Å². The minimum Gasteiger partial charge on any atom is -0.346 e. The Morgan fingerprint density at radius 2 is 2.19 bits per heavy atom. The molecule has 0 aliphatic rings. The molecule has 1 nitrogen and oxygen atoms in total. The quantitative estimate of drug-likeness (QED) is 0.540. The average molecular weight is 209 g/mol. The maximum Gasteiger partial charge on any atom is 0.0530 e. The molecule has 0 saturated carbocycles. The number of nitrogens with zero attached hydrogens (tertiary/aromatic N) is 1. The third-order valence-corrected chi connectivity index (χ3v) is 2.96. The van der Waals surface area contributed by atoms with Gasteiger partial charge >= 0.3 is 0 Å². The van der Waals surface area contributed by atoms with Crippen LogP contribution in [0.5, 0.6) is 0 Å². The van der Waals surface area contributed by atoms with Gasteiger partial charge in [0.1, 0.15) is 0 Å². The number of allylic oxidation sites excluding steroid dienone is 1. The Morgan fingerprint density at radius 3 is 2.88 bits per heavy atom. The molecule has 1 aromatic carbocycles. The summed E-state index contributed by atoms with van der Waals surface area (Å²) < 4.78 is 2.19. The molecule has 0 aliphatic carbocycles. The molecule has 0 bridgehead atoms. The summed E-state index contributed by atoms with van der Waals surface area (Å²) in [6.07, 6.45) is 9.45. The highest BCUT2D eigenvalue weighted by Crippen LogP contribution is 2.25. The van der Waals surface area contributed by atoms with Gasteiger partial charge in [-0.05, 0) is 18.9 Å². The number of fused-ring (bicyclic) bond motifs is 1. The van der Waals surface area contributed by atoms with Gasteiger partial charge in [-0.2, -0.15) is 0 Å². The SMILES string of the molecule is C#Cc1c(CCC=C)n(C)c2ccccc12. The fourth-order valence-corrected chi connectivity index (χ4v) is 2.14. The molecule has 16 heavy (non-hydrogen) atoms. The maximum atomic E-state index is 5.61. The molecule has 0 atom stereocenters. The standard InChI is InChI=1S/C15H15N/c1-4-6-10-14-12(5-2)13-9-7-8-11-15(13)16(14)3/h2,4,7-9,11H,1,6,10H2,3H3. The summed E-state index contributed by atoms with van der Waals surface area (Å²) in [6, 6.07) is 8.26. The molecule has 0 amide bonds. The Labute approximate surface area is 96.4 Å². The summed E-state index contributed by atoms with van der Waals surface area (Å²) in [5.41, 5.74) is 3.46. The Kier molecular flexibility index (Phi) is 2.83. The van der Waals surface area contributed by atoms with E-state index in [-0.39, 0.29) is 0 Å². The Balaban J connectivity index is 2.67. The lowest BCUT2D eigenvalue weighted by molar-refractivity contribution is 0.830. The van der Waals surface area contributed by atoms with Crippen LogP contribution in [0.25, 0.3) is 10.9 Å². The van der Waals surface area contributed by atoms with Crippen molar-refractivity contribution in [2.24, 2.45) is 7.05 Å². The second kappa shape index (κ2) is 4.28. The highest BCUT2D eigenvalue weighted by molar-refractivity contribution is 5.88. The van der Waals surface area contributed by atoms with Crippen molar-refractivity contribution in [2.45, 2.75) is 12.8 Å². The lowest BCUT2D eigenvalue weighted by Crippen LogP contribution is -1.97. The van der Waals surface area contributed by atoms with Crippen LogP contribution in [0.4, 0.5) is 0 Å². The van der Waals surface area contributed by atoms with E-state index < -0.39 is 0 Å². The van der Waals surface area contributed by atoms with Crippen molar-refractivity contribution in [1.82, 2.24) is 4.57 Å². The van der Waals surface area contributed by atoms with Crippen molar-refractivity contribution in [3.8, 4) is 12.3 Å². The van der Waals surface area contributed by atoms with Crippen LogP contribution in [-0.4, -0.2) is 4.57 Å². The van der Waals surface area contributed by atoms with Crippen LogP contribution in [-0.2, 0) is 13.5 Å². The molecule has 0 aliphatic heterocycles. The molecule has 0 radical (unpaired) electrons. The number of benzene rings is 1. The summed E-state index contributed by atoms with van der Waals surface area (Å²) in [7, 11) is 2.07. The molecule has 0 spiro atoms. The van der Waals surface area contributed by atoms with Crippen LogP contribution in [0.1, 0.15) is 17.7 Å². The van der Waals surface area contributed by atoms with Crippen molar-refractivity contribution in [3.63, 3.8) is 0 Å². The fourth-order valence-electron chi connectivity index (χ4n) is 2.14. The molecule has 0 N–H and O–H groups in total. The largest absolute Gasteiger partial charge is 0.346 e. The number of hydrogen-bond acceptors (Lipinski definition) is 0. The van der Waals surface area contributed by atoms with Crippen LogP contribution in [0, 0.1) is 12.3 Å². The molecule has 1 aromatic heterocycles. The van der Waals surface area contributed by atoms with Crippen LogP contribution < -0.4 is 0 Å². The van der Waals surface area contributed by atoms with Gasteiger partial charge in [0.15, 0.2) is 0 Å². The number of aryl methyl sites for hydroxylation is 1. The molecule has 0 saturated heterocycles. The van der Waals surface area contributed by atoms with Crippen LogP contribution in [0.2, 0.25) is 0 Å². The number of rotatable bonds is 3. The van der Waals surface area contributed by atoms with E-state index in [9.17, 15) is 0 Å². The highest BCUT2D eigenvalue weighted by Gasteiger charge is 2.11. The minimum absolute atomic E-state index is 0.953. The maximum absolute atomic E-state index is 5.61. The third-order valence-electron chi connectivity index (χ3n) is 2.96. The first-order valence-corrected chi connectivity index (χ1v) is 5.43. The van der Waals surface area contributed by atoms with Crippen LogP contribution in [0.3, 0.4) is 0 Å². The van der Waals surface area contributed by atoms with Gasteiger partial charge < -0.3 is 4.57 Å². The molecule has 80 valence electrons. The second-order valence-corrected chi connectivity index (χ2v) is 3.87. The van der Waals surface area contributed by atoms with E-state index in [0.717, 1.165) is 18.4 Å². The summed E-state index contributed by atoms with van der Waals surface area (Å²) in [4.78, 5) is 0. The molecule has 0 unspecified atom stereocenters. The van der Waals surface area contributed by atoms with E-state index >= 15 is 0 Å². The first-order valence-electron chi connectivity index (χ1n) is 5.43. The van der Waals surface area contributed by atoms with Crippen molar-refractivity contribution in [2.75, 3.05) is 0 Å². The number of terminal acetylenes is 1. The Hall–Kier alpha value is -1.94. The van der Waals surface area contributed by atoms with Gasteiger partial charge in [0.05, 0.1) is 5.56 Å². The molecule has 0 fully saturated rings. The van der Waals surface area contributed by atoms with Gasteiger partial charge in [-0.15, -0.1) is 13.0 Å². The lowest BCUT2D eigenvalue weighted by Gasteiger charge is -2.02.